The molecule has 0 bridgehead atoms. The van der Waals surface area contributed by atoms with Crippen molar-refractivity contribution in [2.24, 2.45) is 0 Å². The number of carbonyl (C=O) groups excluding carboxylic acids is 1. The molecule has 0 aliphatic rings. The lowest BCUT2D eigenvalue weighted by atomic mass is 9.93. The van der Waals surface area contributed by atoms with E-state index in [2.05, 4.69) is 0 Å². The summed E-state index contributed by atoms with van der Waals surface area (Å²) in [5.41, 5.74) is 0.884. The first-order chi connectivity index (χ1) is 6.69. The van der Waals surface area contributed by atoms with Crippen molar-refractivity contribution >= 4 is 6.29 Å². The van der Waals surface area contributed by atoms with Crippen molar-refractivity contribution < 1.29 is 15.0 Å². The minimum Gasteiger partial charge on any atom is -0.504 e. The molecule has 0 fully saturated rings. The van der Waals surface area contributed by atoms with Crippen molar-refractivity contribution in [1.82, 2.24) is 0 Å². The predicted molar refractivity (Wildman–Crippen MR) is 53.5 cm³/mol. The molecule has 3 heteroatoms. The monoisotopic (exact) mass is 194 g/mol. The highest BCUT2D eigenvalue weighted by molar-refractivity contribution is 5.52. The molecule has 0 saturated heterocycles. The third-order valence-corrected chi connectivity index (χ3v) is 2.34. The minimum absolute atomic E-state index is 0.124. The van der Waals surface area contributed by atoms with Crippen LogP contribution in [0.15, 0.2) is 18.2 Å². The van der Waals surface area contributed by atoms with E-state index in [-0.39, 0.29) is 17.4 Å². The fourth-order valence-electron chi connectivity index (χ4n) is 1.45. The van der Waals surface area contributed by atoms with Gasteiger partial charge in [-0.2, -0.15) is 0 Å². The summed E-state index contributed by atoms with van der Waals surface area (Å²) >= 11 is 0. The number of aldehydes is 1. The second-order valence-electron chi connectivity index (χ2n) is 3.26. The lowest BCUT2D eigenvalue weighted by Crippen LogP contribution is -1.97. The second kappa shape index (κ2) is 4.65. The maximum atomic E-state index is 10.4. The molecule has 3 nitrogen and oxygen atoms in total. The second-order valence-corrected chi connectivity index (χ2v) is 3.26. The SMILES string of the molecule is CCC(CC=O)c1ccc(O)c(O)c1. The van der Waals surface area contributed by atoms with Gasteiger partial charge >= 0.3 is 0 Å². The van der Waals surface area contributed by atoms with Crippen molar-refractivity contribution in [3.8, 4) is 11.5 Å². The van der Waals surface area contributed by atoms with Crippen molar-refractivity contribution in [1.29, 1.82) is 0 Å². The molecule has 0 heterocycles. The number of hydrogen-bond donors (Lipinski definition) is 2. The molecule has 2 N–H and O–H groups in total. The van der Waals surface area contributed by atoms with E-state index in [1.807, 2.05) is 6.92 Å². The quantitative estimate of drug-likeness (QED) is 0.570. The van der Waals surface area contributed by atoms with E-state index in [9.17, 15) is 9.90 Å². The van der Waals surface area contributed by atoms with Gasteiger partial charge in [0.25, 0.3) is 0 Å². The van der Waals surface area contributed by atoms with Crippen LogP contribution in [0.5, 0.6) is 11.5 Å². The first-order valence-electron chi connectivity index (χ1n) is 4.64. The van der Waals surface area contributed by atoms with Gasteiger partial charge in [0, 0.05) is 6.42 Å². The van der Waals surface area contributed by atoms with Gasteiger partial charge < -0.3 is 15.0 Å². The van der Waals surface area contributed by atoms with Gasteiger partial charge in [-0.1, -0.05) is 13.0 Å². The van der Waals surface area contributed by atoms with Gasteiger partial charge in [0.15, 0.2) is 11.5 Å². The number of phenols is 2. The van der Waals surface area contributed by atoms with E-state index in [1.54, 1.807) is 6.07 Å². The Hall–Kier alpha value is -1.51. The molecular weight excluding hydrogens is 180 g/mol. The van der Waals surface area contributed by atoms with Crippen LogP contribution in [0.4, 0.5) is 0 Å². The first-order valence-corrected chi connectivity index (χ1v) is 4.64. The Morgan fingerprint density at radius 3 is 2.57 bits per heavy atom. The Kier molecular flexibility index (Phi) is 3.51. The number of benzene rings is 1. The summed E-state index contributed by atoms with van der Waals surface area (Å²) in [7, 11) is 0. The molecular formula is C11H14O3. The van der Waals surface area contributed by atoms with Gasteiger partial charge in [0.2, 0.25) is 0 Å². The van der Waals surface area contributed by atoms with Crippen LogP contribution in [0.1, 0.15) is 31.2 Å². The maximum absolute atomic E-state index is 10.4. The zero-order valence-corrected chi connectivity index (χ0v) is 8.10. The molecule has 0 radical (unpaired) electrons. The topological polar surface area (TPSA) is 57.5 Å². The van der Waals surface area contributed by atoms with Crippen LogP contribution in [0.2, 0.25) is 0 Å². The summed E-state index contributed by atoms with van der Waals surface area (Å²) in [4.78, 5) is 10.4. The average molecular weight is 194 g/mol. The molecule has 1 aromatic carbocycles. The summed E-state index contributed by atoms with van der Waals surface area (Å²) in [5.74, 6) is -0.138. The van der Waals surface area contributed by atoms with E-state index in [4.69, 9.17) is 5.11 Å². The number of rotatable bonds is 4. The summed E-state index contributed by atoms with van der Waals surface area (Å²) in [6.07, 6.45) is 2.15. The number of phenolic OH excluding ortho intramolecular Hbond substituents is 2. The summed E-state index contributed by atoms with van der Waals surface area (Å²) in [6, 6.07) is 4.68. The van der Waals surface area contributed by atoms with E-state index < -0.39 is 0 Å². The molecule has 0 saturated carbocycles. The molecule has 0 aromatic heterocycles. The zero-order chi connectivity index (χ0) is 10.6. The number of aromatic hydroxyl groups is 2. The molecule has 0 aliphatic carbocycles. The van der Waals surface area contributed by atoms with Crippen molar-refractivity contribution in [3.63, 3.8) is 0 Å². The molecule has 14 heavy (non-hydrogen) atoms. The molecule has 1 atom stereocenters. The van der Waals surface area contributed by atoms with E-state index >= 15 is 0 Å². The third-order valence-electron chi connectivity index (χ3n) is 2.34. The lowest BCUT2D eigenvalue weighted by Gasteiger charge is -2.12. The summed E-state index contributed by atoms with van der Waals surface area (Å²) in [6.45, 7) is 1.98. The zero-order valence-electron chi connectivity index (χ0n) is 8.10. The molecule has 76 valence electrons. The van der Waals surface area contributed by atoms with Gasteiger partial charge in [-0.05, 0) is 30.0 Å². The predicted octanol–water partition coefficient (Wildman–Crippen LogP) is 2.18. The average Bonchev–Trinajstić information content (AvgIpc) is 2.19. The van der Waals surface area contributed by atoms with E-state index in [0.717, 1.165) is 18.3 Å². The Morgan fingerprint density at radius 1 is 1.36 bits per heavy atom. The van der Waals surface area contributed by atoms with Crippen molar-refractivity contribution in [2.75, 3.05) is 0 Å². The van der Waals surface area contributed by atoms with Crippen LogP contribution < -0.4 is 0 Å². The molecule has 0 spiro atoms. The van der Waals surface area contributed by atoms with Gasteiger partial charge in [-0.15, -0.1) is 0 Å². The van der Waals surface area contributed by atoms with Crippen LogP contribution in [0.3, 0.4) is 0 Å². The highest BCUT2D eigenvalue weighted by Crippen LogP contribution is 2.30. The Bertz CT molecular complexity index is 320. The Labute approximate surface area is 83.0 Å². The minimum atomic E-state index is -0.133. The standard InChI is InChI=1S/C11H14O3/c1-2-8(5-6-12)9-3-4-10(13)11(14)7-9/h3-4,6-8,13-14H,2,5H2,1H3. The van der Waals surface area contributed by atoms with Gasteiger partial charge in [0.05, 0.1) is 0 Å². The van der Waals surface area contributed by atoms with Crippen LogP contribution in [0, 0.1) is 0 Å². The number of carbonyl (C=O) groups is 1. The van der Waals surface area contributed by atoms with Crippen LogP contribution in [-0.4, -0.2) is 16.5 Å². The van der Waals surface area contributed by atoms with E-state index in [0.29, 0.717) is 6.42 Å². The van der Waals surface area contributed by atoms with Gasteiger partial charge in [0.1, 0.15) is 6.29 Å². The smallest absolute Gasteiger partial charge is 0.157 e. The molecule has 1 rings (SSSR count). The van der Waals surface area contributed by atoms with Crippen molar-refractivity contribution in [3.05, 3.63) is 23.8 Å². The molecule has 0 amide bonds. The van der Waals surface area contributed by atoms with Crippen LogP contribution >= 0.6 is 0 Å². The first kappa shape index (κ1) is 10.6. The molecule has 1 aromatic rings. The summed E-state index contributed by atoms with van der Waals surface area (Å²) < 4.78 is 0. The van der Waals surface area contributed by atoms with Crippen LogP contribution in [-0.2, 0) is 4.79 Å². The summed E-state index contributed by atoms with van der Waals surface area (Å²) in [5, 5.41) is 18.4. The Morgan fingerprint density at radius 2 is 2.07 bits per heavy atom. The highest BCUT2D eigenvalue weighted by atomic mass is 16.3. The largest absolute Gasteiger partial charge is 0.504 e. The van der Waals surface area contributed by atoms with E-state index in [1.165, 1.54) is 12.1 Å². The maximum Gasteiger partial charge on any atom is 0.157 e. The van der Waals surface area contributed by atoms with Crippen LogP contribution in [0.25, 0.3) is 0 Å². The fourth-order valence-corrected chi connectivity index (χ4v) is 1.45. The van der Waals surface area contributed by atoms with Gasteiger partial charge in [-0.3, -0.25) is 0 Å². The normalized spacial score (nSPS) is 12.4. The molecule has 1 unspecified atom stereocenters. The Balaban J connectivity index is 2.93. The molecule has 0 aliphatic heterocycles. The third kappa shape index (κ3) is 2.25. The lowest BCUT2D eigenvalue weighted by molar-refractivity contribution is -0.108. The highest BCUT2D eigenvalue weighted by Gasteiger charge is 2.10. The fraction of sp³-hybridized carbons (Fsp3) is 0.364. The number of hydrogen-bond acceptors (Lipinski definition) is 3. The van der Waals surface area contributed by atoms with Gasteiger partial charge in [-0.25, -0.2) is 0 Å². The van der Waals surface area contributed by atoms with Crippen molar-refractivity contribution in [2.45, 2.75) is 25.7 Å².